The maximum absolute atomic E-state index is 11.3. The zero-order chi connectivity index (χ0) is 10.8. The molecule has 0 aromatic heterocycles. The lowest BCUT2D eigenvalue weighted by atomic mass is 10.3. The minimum Gasteiger partial charge on any atom is -0.494 e. The van der Waals surface area contributed by atoms with E-state index in [4.69, 9.17) is 10.6 Å². The van der Waals surface area contributed by atoms with Gasteiger partial charge in [-0.25, -0.2) is 8.42 Å². The number of para-hydroxylation sites is 1. The van der Waals surface area contributed by atoms with Gasteiger partial charge in [0.05, 0.1) is 12.0 Å². The van der Waals surface area contributed by atoms with Gasteiger partial charge in [-0.15, -0.1) is 12.4 Å². The maximum atomic E-state index is 11.3. The number of sulfone groups is 1. The predicted octanol–water partition coefficient (Wildman–Crippen LogP) is 0.806. The highest BCUT2D eigenvalue weighted by atomic mass is 35.5. The van der Waals surface area contributed by atoms with Gasteiger partial charge < -0.3 is 10.2 Å². The second kappa shape index (κ2) is 5.20. The van der Waals surface area contributed by atoms with Gasteiger partial charge in [0.2, 0.25) is 0 Å². The van der Waals surface area contributed by atoms with Crippen molar-refractivity contribution < 1.29 is 13.2 Å². The number of nitrogens with one attached hydrogen (secondary N) is 1. The maximum Gasteiger partial charge on any atom is 0.177 e. The summed E-state index contributed by atoms with van der Waals surface area (Å²) in [7, 11) is -1.85. The van der Waals surface area contributed by atoms with Crippen LogP contribution >= 0.6 is 12.4 Å². The molecule has 0 aliphatic rings. The molecule has 0 aliphatic carbocycles. The van der Waals surface area contributed by atoms with Gasteiger partial charge in [-0.05, 0) is 12.1 Å². The summed E-state index contributed by atoms with van der Waals surface area (Å²) in [5, 5.41) is 0. The van der Waals surface area contributed by atoms with E-state index >= 15 is 0 Å². The Bertz CT molecular complexity index is 434. The summed E-state index contributed by atoms with van der Waals surface area (Å²) < 4.78 is 27.6. The Kier molecular flexibility index (Phi) is 4.86. The highest BCUT2D eigenvalue weighted by Gasteiger charge is 2.15. The lowest BCUT2D eigenvalue weighted by Gasteiger charge is -2.11. The van der Waals surface area contributed by atoms with E-state index in [-0.39, 0.29) is 23.0 Å². The molecule has 0 unspecified atom stereocenters. The van der Waals surface area contributed by atoms with Crippen LogP contribution in [0.1, 0.15) is 0 Å². The van der Waals surface area contributed by atoms with Gasteiger partial charge in [0.15, 0.2) is 9.84 Å². The molecule has 0 fully saturated rings. The van der Waals surface area contributed by atoms with Crippen LogP contribution in [0.15, 0.2) is 23.1 Å². The highest BCUT2D eigenvalue weighted by Crippen LogP contribution is 2.30. The van der Waals surface area contributed by atoms with Crippen molar-refractivity contribution >= 4 is 27.9 Å². The number of halogens is 1. The fourth-order valence-electron chi connectivity index (χ4n) is 1.13. The fraction of sp³-hybridized carbons (Fsp3) is 0.250. The number of nitrogens with two attached hydrogens (primary N) is 1. The van der Waals surface area contributed by atoms with Crippen LogP contribution in [0.3, 0.4) is 0 Å². The average Bonchev–Trinajstić information content (AvgIpc) is 2.15. The van der Waals surface area contributed by atoms with Crippen molar-refractivity contribution in [3.8, 4) is 5.75 Å². The van der Waals surface area contributed by atoms with Crippen LogP contribution in [-0.2, 0) is 9.84 Å². The molecule has 0 aliphatic heterocycles. The molecular weight excluding hydrogens is 240 g/mol. The van der Waals surface area contributed by atoms with Crippen molar-refractivity contribution in [2.24, 2.45) is 5.84 Å². The van der Waals surface area contributed by atoms with Crippen LogP contribution in [0.25, 0.3) is 0 Å². The van der Waals surface area contributed by atoms with E-state index in [9.17, 15) is 8.42 Å². The molecule has 1 aromatic rings. The topological polar surface area (TPSA) is 81.4 Å². The van der Waals surface area contributed by atoms with Crippen molar-refractivity contribution in [3.63, 3.8) is 0 Å². The highest BCUT2D eigenvalue weighted by molar-refractivity contribution is 7.90. The number of methoxy groups -OCH3 is 1. The molecule has 0 heterocycles. The summed E-state index contributed by atoms with van der Waals surface area (Å²) in [5.41, 5.74) is 2.59. The number of ether oxygens (including phenoxy) is 1. The first-order valence-electron chi connectivity index (χ1n) is 3.84. The van der Waals surface area contributed by atoms with Gasteiger partial charge in [-0.3, -0.25) is 5.84 Å². The average molecular weight is 253 g/mol. The Morgan fingerprint density at radius 3 is 2.40 bits per heavy atom. The van der Waals surface area contributed by atoms with Crippen molar-refractivity contribution in [1.82, 2.24) is 0 Å². The SMILES string of the molecule is COc1cccc(S(C)(=O)=O)c1NN.Cl. The van der Waals surface area contributed by atoms with Crippen molar-refractivity contribution in [1.29, 1.82) is 0 Å². The molecule has 5 nitrogen and oxygen atoms in total. The van der Waals surface area contributed by atoms with Crippen molar-refractivity contribution in [3.05, 3.63) is 18.2 Å². The Balaban J connectivity index is 0.00000196. The molecule has 86 valence electrons. The number of rotatable bonds is 3. The molecule has 0 spiro atoms. The van der Waals surface area contributed by atoms with E-state index < -0.39 is 9.84 Å². The molecule has 0 bridgehead atoms. The first-order valence-corrected chi connectivity index (χ1v) is 5.73. The second-order valence-corrected chi connectivity index (χ2v) is 4.73. The number of hydrogen-bond acceptors (Lipinski definition) is 5. The van der Waals surface area contributed by atoms with Gasteiger partial charge in [0.1, 0.15) is 11.4 Å². The van der Waals surface area contributed by atoms with Gasteiger partial charge >= 0.3 is 0 Å². The van der Waals surface area contributed by atoms with Crippen LogP contribution in [-0.4, -0.2) is 21.8 Å². The summed E-state index contributed by atoms with van der Waals surface area (Å²) >= 11 is 0. The largest absolute Gasteiger partial charge is 0.494 e. The van der Waals surface area contributed by atoms with E-state index in [0.717, 1.165) is 6.26 Å². The van der Waals surface area contributed by atoms with E-state index in [1.54, 1.807) is 12.1 Å². The molecule has 7 heteroatoms. The Labute approximate surface area is 94.9 Å². The molecule has 1 rings (SSSR count). The Hall–Kier alpha value is -0.980. The predicted molar refractivity (Wildman–Crippen MR) is 61.2 cm³/mol. The summed E-state index contributed by atoms with van der Waals surface area (Å²) in [6.07, 6.45) is 1.11. The van der Waals surface area contributed by atoms with Gasteiger partial charge in [0.25, 0.3) is 0 Å². The third kappa shape index (κ3) is 2.98. The van der Waals surface area contributed by atoms with E-state index in [1.165, 1.54) is 13.2 Å². The molecule has 0 saturated carbocycles. The van der Waals surface area contributed by atoms with Crippen LogP contribution in [0.2, 0.25) is 0 Å². The summed E-state index contributed by atoms with van der Waals surface area (Å²) in [6.45, 7) is 0. The van der Waals surface area contributed by atoms with Crippen LogP contribution in [0.4, 0.5) is 5.69 Å². The van der Waals surface area contributed by atoms with E-state index in [0.29, 0.717) is 5.75 Å². The smallest absolute Gasteiger partial charge is 0.177 e. The third-order valence-corrected chi connectivity index (χ3v) is 2.89. The number of hydrogen-bond donors (Lipinski definition) is 2. The summed E-state index contributed by atoms with van der Waals surface area (Å²) in [5.74, 6) is 5.63. The molecule has 0 radical (unpaired) electrons. The monoisotopic (exact) mass is 252 g/mol. The minimum atomic E-state index is -3.30. The standard InChI is InChI=1S/C8H12N2O3S.ClH/c1-13-6-4-3-5-7(8(6)10-9)14(2,11)12;/h3-5,10H,9H2,1-2H3;1H. The second-order valence-electron chi connectivity index (χ2n) is 2.75. The molecule has 0 saturated heterocycles. The van der Waals surface area contributed by atoms with Crippen molar-refractivity contribution in [2.45, 2.75) is 4.90 Å². The lowest BCUT2D eigenvalue weighted by molar-refractivity contribution is 0.415. The lowest BCUT2D eigenvalue weighted by Crippen LogP contribution is -2.12. The van der Waals surface area contributed by atoms with E-state index in [1.807, 2.05) is 0 Å². The zero-order valence-electron chi connectivity index (χ0n) is 8.35. The molecular formula is C8H13ClN2O3S. The van der Waals surface area contributed by atoms with Gasteiger partial charge in [0, 0.05) is 6.26 Å². The Morgan fingerprint density at radius 1 is 1.40 bits per heavy atom. The van der Waals surface area contributed by atoms with Crippen LogP contribution in [0.5, 0.6) is 5.75 Å². The first-order chi connectivity index (χ1) is 6.50. The van der Waals surface area contributed by atoms with Crippen LogP contribution < -0.4 is 16.0 Å². The Morgan fingerprint density at radius 2 is 2.00 bits per heavy atom. The van der Waals surface area contributed by atoms with Gasteiger partial charge in [-0.1, -0.05) is 6.07 Å². The molecule has 0 atom stereocenters. The van der Waals surface area contributed by atoms with Gasteiger partial charge in [-0.2, -0.15) is 0 Å². The minimum absolute atomic E-state index is 0. The summed E-state index contributed by atoms with van der Waals surface area (Å²) in [4.78, 5) is 0.124. The molecule has 15 heavy (non-hydrogen) atoms. The number of nitrogen functional groups attached to an aromatic ring is 1. The fourth-order valence-corrected chi connectivity index (χ4v) is 1.99. The molecule has 1 aromatic carbocycles. The van der Waals surface area contributed by atoms with Crippen molar-refractivity contribution in [2.75, 3.05) is 18.8 Å². The molecule has 0 amide bonds. The van der Waals surface area contributed by atoms with E-state index in [2.05, 4.69) is 5.43 Å². The first kappa shape index (κ1) is 14.0. The quantitative estimate of drug-likeness (QED) is 0.615. The number of hydrazine groups is 1. The third-order valence-electron chi connectivity index (χ3n) is 1.75. The number of benzene rings is 1. The summed E-state index contributed by atoms with van der Waals surface area (Å²) in [6, 6.07) is 4.69. The van der Waals surface area contributed by atoms with Crippen LogP contribution in [0, 0.1) is 0 Å². The zero-order valence-corrected chi connectivity index (χ0v) is 9.98. The number of anilines is 1. The normalized spacial score (nSPS) is 10.3. The molecule has 3 N–H and O–H groups in total.